The van der Waals surface area contributed by atoms with Crippen molar-refractivity contribution in [2.45, 2.75) is 104 Å². The van der Waals surface area contributed by atoms with E-state index >= 15 is 0 Å². The second-order valence-electron chi connectivity index (χ2n) is 15.1. The van der Waals surface area contributed by atoms with Crippen LogP contribution in [0, 0.1) is 45.8 Å². The molecule has 0 bridgehead atoms. The van der Waals surface area contributed by atoms with Crippen LogP contribution in [-0.2, 0) is 53.3 Å². The molecule has 12 atom stereocenters. The molecule has 0 saturated heterocycles. The minimum Gasteiger partial charge on any atom is -0.458 e. The van der Waals surface area contributed by atoms with Crippen molar-refractivity contribution in [1.29, 1.82) is 0 Å². The summed E-state index contributed by atoms with van der Waals surface area (Å²) in [6.45, 7) is 10.5. The van der Waals surface area contributed by atoms with Crippen LogP contribution in [0.4, 0.5) is 0 Å². The van der Waals surface area contributed by atoms with Crippen LogP contribution in [0.2, 0.25) is 0 Å². The molecule has 0 aromatic rings. The summed E-state index contributed by atoms with van der Waals surface area (Å²) >= 11 is 0. The van der Waals surface area contributed by atoms with Gasteiger partial charge in [-0.15, -0.1) is 0 Å². The van der Waals surface area contributed by atoms with Crippen molar-refractivity contribution in [3.63, 3.8) is 0 Å². The normalized spacial score (nSPS) is 41.4. The number of ether oxygens (including phenoxy) is 1. The molecule has 4 aliphatic carbocycles. The first-order chi connectivity index (χ1) is 21.9. The molecule has 5 rings (SSSR count). The van der Waals surface area contributed by atoms with Gasteiger partial charge in [0.15, 0.2) is 0 Å². The number of carbonyl (C=O) groups excluding carboxylic acids is 1. The van der Waals surface area contributed by atoms with Crippen molar-refractivity contribution < 1.29 is 66.1 Å². The number of allylic oxidation sites excluding steroid dienone is 2. The van der Waals surface area contributed by atoms with E-state index in [0.717, 1.165) is 31.3 Å². The highest BCUT2D eigenvalue weighted by molar-refractivity contribution is 7.81. The Hall–Kier alpha value is -1.48. The molecular weight excluding hydrogens is 697 g/mol. The third-order valence-electron chi connectivity index (χ3n) is 12.7. The first-order valence-corrected chi connectivity index (χ1v) is 20.2. The average Bonchev–Trinajstić information content (AvgIpc) is 3.47. The van der Waals surface area contributed by atoms with Gasteiger partial charge in [-0.1, -0.05) is 46.3 Å². The third kappa shape index (κ3) is 6.90. The second-order valence-corrected chi connectivity index (χ2v) is 18.2. The number of aliphatic hydroxyl groups excluding tert-OH is 1. The number of hydrogen-bond acceptors (Lipinski definition) is 12. The van der Waals surface area contributed by atoms with Crippen molar-refractivity contribution in [2.24, 2.45) is 45.8 Å². The van der Waals surface area contributed by atoms with Crippen LogP contribution in [-0.4, -0.2) is 81.0 Å². The molecular formula is C30H46O15S3. The van der Waals surface area contributed by atoms with E-state index in [1.807, 2.05) is 19.1 Å². The van der Waals surface area contributed by atoms with Gasteiger partial charge in [0.25, 0.3) is 0 Å². The van der Waals surface area contributed by atoms with Gasteiger partial charge in [0.2, 0.25) is 0 Å². The van der Waals surface area contributed by atoms with Crippen LogP contribution in [0.1, 0.15) is 79.6 Å². The molecule has 48 heavy (non-hydrogen) atoms. The number of cyclic esters (lactones) is 1. The summed E-state index contributed by atoms with van der Waals surface area (Å²) < 4.78 is 120. The Bertz CT molecular complexity index is 1690. The minimum atomic E-state index is -5.31. The fourth-order valence-corrected chi connectivity index (χ4v) is 11.9. The van der Waals surface area contributed by atoms with Crippen molar-refractivity contribution in [2.75, 3.05) is 6.61 Å². The number of fused-ring (bicyclic) bond motifs is 5. The third-order valence-corrected chi connectivity index (χ3v) is 14.1. The Morgan fingerprint density at radius 1 is 0.896 bits per heavy atom. The number of hydrogen-bond donors (Lipinski definition) is 4. The Kier molecular flexibility index (Phi) is 9.94. The topological polar surface area (TPSA) is 237 Å². The smallest absolute Gasteiger partial charge is 0.397 e. The minimum absolute atomic E-state index is 0.00580. The molecule has 4 N–H and O–H groups in total. The fourth-order valence-electron chi connectivity index (χ4n) is 10.4. The lowest BCUT2D eigenvalue weighted by Crippen LogP contribution is -2.65. The van der Waals surface area contributed by atoms with Crippen LogP contribution in [0.5, 0.6) is 0 Å². The van der Waals surface area contributed by atoms with Gasteiger partial charge in [-0.3, -0.25) is 13.7 Å². The van der Waals surface area contributed by atoms with E-state index in [-0.39, 0.29) is 47.9 Å². The summed E-state index contributed by atoms with van der Waals surface area (Å²) in [4.78, 5) is 12.1. The van der Waals surface area contributed by atoms with Gasteiger partial charge < -0.3 is 9.84 Å². The first kappa shape index (κ1) is 37.8. The van der Waals surface area contributed by atoms with Gasteiger partial charge in [-0.2, -0.15) is 25.3 Å². The van der Waals surface area contributed by atoms with Gasteiger partial charge in [-0.05, 0) is 90.9 Å². The second kappa shape index (κ2) is 12.6. The predicted octanol–water partition coefficient (Wildman–Crippen LogP) is 3.25. The van der Waals surface area contributed by atoms with Crippen molar-refractivity contribution in [3.05, 3.63) is 23.3 Å². The Morgan fingerprint density at radius 3 is 2.06 bits per heavy atom. The van der Waals surface area contributed by atoms with Gasteiger partial charge in [0, 0.05) is 11.5 Å². The highest BCUT2D eigenvalue weighted by atomic mass is 32.3. The molecule has 3 fully saturated rings. The molecule has 5 aliphatic rings. The van der Waals surface area contributed by atoms with E-state index in [9.17, 15) is 48.8 Å². The van der Waals surface area contributed by atoms with Crippen molar-refractivity contribution in [3.8, 4) is 0 Å². The molecule has 18 heteroatoms. The van der Waals surface area contributed by atoms with Crippen molar-refractivity contribution in [1.82, 2.24) is 0 Å². The number of esters is 1. The first-order valence-electron chi connectivity index (χ1n) is 16.1. The number of rotatable bonds is 11. The SMILES string of the molecule is C[C@H](CC[C@@H](C)[C@H]1CC[C@@]2(C)[C@@H]3C[C@H](OS(=O)(=O)O)[C@@H]4[C@@H](O)[C@H](OS(=O)(=O)O)[C@@H](OS(=O)(=O)O)C[C@]4(C)C3=CC[C@]12C)C1=CCOC1=O. The van der Waals surface area contributed by atoms with Gasteiger partial charge >= 0.3 is 37.2 Å². The van der Waals surface area contributed by atoms with Crippen LogP contribution < -0.4 is 0 Å². The maximum absolute atomic E-state index is 12.2. The highest BCUT2D eigenvalue weighted by Gasteiger charge is 2.68. The Balaban J connectivity index is 1.51. The number of carbonyl (C=O) groups is 1. The standard InChI is InChI=1S/C30H46O15S3/c1-16(18-10-13-42-27(18)32)6-7-17(2)19-8-11-30(5)21-14-22(43-46(33,34)35)24-25(31)26(45-48(39,40)41)23(44-47(36,37)38)15-28(24,3)20(21)9-12-29(19,30)4/h9-10,16-17,19,21-26,31H,6-8,11-15H2,1-5H3,(H,33,34,35)(H,36,37,38)(H,39,40,41)/t16-,17-,19-,21-,22+,23+,24-,25-,26-,28-,29-,30+/m1/s1. The molecule has 0 radical (unpaired) electrons. The van der Waals surface area contributed by atoms with Crippen LogP contribution in [0.3, 0.4) is 0 Å². The van der Waals surface area contributed by atoms with E-state index in [2.05, 4.69) is 25.0 Å². The molecule has 1 aliphatic heterocycles. The number of aliphatic hydroxyl groups is 1. The largest absolute Gasteiger partial charge is 0.458 e. The monoisotopic (exact) mass is 742 g/mol. The molecule has 274 valence electrons. The molecule has 0 spiro atoms. The molecule has 3 saturated carbocycles. The summed E-state index contributed by atoms with van der Waals surface area (Å²) in [5.74, 6) is -1.40. The van der Waals surface area contributed by atoms with Gasteiger partial charge in [-0.25, -0.2) is 17.3 Å². The zero-order valence-electron chi connectivity index (χ0n) is 27.5. The zero-order valence-corrected chi connectivity index (χ0v) is 30.0. The Labute approximate surface area is 282 Å². The lowest BCUT2D eigenvalue weighted by atomic mass is 9.43. The lowest BCUT2D eigenvalue weighted by Gasteiger charge is -2.63. The summed E-state index contributed by atoms with van der Waals surface area (Å²) in [6, 6.07) is 0. The maximum Gasteiger partial charge on any atom is 0.397 e. The maximum atomic E-state index is 12.2. The predicted molar refractivity (Wildman–Crippen MR) is 168 cm³/mol. The molecule has 0 unspecified atom stereocenters. The van der Waals surface area contributed by atoms with Gasteiger partial charge in [0.1, 0.15) is 18.8 Å². The van der Waals surface area contributed by atoms with Crippen molar-refractivity contribution >= 4 is 37.2 Å². The molecule has 0 aromatic carbocycles. The Morgan fingerprint density at radius 2 is 1.50 bits per heavy atom. The molecule has 0 amide bonds. The van der Waals surface area contributed by atoms with Crippen LogP contribution in [0.15, 0.2) is 23.3 Å². The highest BCUT2D eigenvalue weighted by Crippen LogP contribution is 2.72. The van der Waals surface area contributed by atoms with Gasteiger partial charge in [0.05, 0.1) is 12.2 Å². The van der Waals surface area contributed by atoms with E-state index in [1.165, 1.54) is 0 Å². The van der Waals surface area contributed by atoms with Crippen LogP contribution >= 0.6 is 0 Å². The van der Waals surface area contributed by atoms with E-state index in [0.29, 0.717) is 18.6 Å². The summed E-state index contributed by atoms with van der Waals surface area (Å²) in [7, 11) is -15.6. The van der Waals surface area contributed by atoms with E-state index in [4.69, 9.17) is 13.1 Å². The quantitative estimate of drug-likeness (QED) is 0.135. The molecule has 1 heterocycles. The summed E-state index contributed by atoms with van der Waals surface area (Å²) in [5.41, 5.74) is -0.598. The summed E-state index contributed by atoms with van der Waals surface area (Å²) in [6.07, 6.45) is -0.0198. The average molecular weight is 743 g/mol. The summed E-state index contributed by atoms with van der Waals surface area (Å²) in [5, 5.41) is 11.6. The zero-order chi connectivity index (χ0) is 35.8. The van der Waals surface area contributed by atoms with E-state index < -0.39 is 72.4 Å². The van der Waals surface area contributed by atoms with E-state index in [1.54, 1.807) is 6.92 Å². The fraction of sp³-hybridized carbons (Fsp3) is 0.833. The molecule has 0 aromatic heterocycles. The van der Waals surface area contributed by atoms with Crippen LogP contribution in [0.25, 0.3) is 0 Å². The molecule has 15 nitrogen and oxygen atoms in total. The lowest BCUT2D eigenvalue weighted by molar-refractivity contribution is -0.179.